The summed E-state index contributed by atoms with van der Waals surface area (Å²) in [5.74, 6) is 0.252. The molecule has 0 N–H and O–H groups in total. The number of hydrogen-bond acceptors (Lipinski definition) is 5. The van der Waals surface area contributed by atoms with Crippen molar-refractivity contribution in [2.24, 2.45) is 0 Å². The Labute approximate surface area is 94.2 Å². The number of aromatic nitrogens is 2. The summed E-state index contributed by atoms with van der Waals surface area (Å²) in [5.41, 5.74) is 0.0656. The van der Waals surface area contributed by atoms with Crippen LogP contribution in [0.15, 0.2) is 4.52 Å². The topological polar surface area (TPSA) is 65.2 Å². The average Bonchev–Trinajstić information content (AvgIpc) is 2.84. The molecule has 0 amide bonds. The quantitative estimate of drug-likeness (QED) is 0.729. The molecule has 1 aromatic heterocycles. The minimum Gasteiger partial charge on any atom is -0.465 e. The number of carbonyl (C=O) groups is 1. The Morgan fingerprint density at radius 3 is 2.88 bits per heavy atom. The monoisotopic (exact) mass is 224 g/mol. The number of rotatable bonds is 4. The first-order chi connectivity index (χ1) is 7.57. The van der Waals surface area contributed by atoms with Crippen molar-refractivity contribution in [3.8, 4) is 0 Å². The van der Waals surface area contributed by atoms with Gasteiger partial charge in [-0.1, -0.05) is 12.1 Å². The zero-order valence-corrected chi connectivity index (χ0v) is 9.82. The molecule has 1 aromatic rings. The lowest BCUT2D eigenvalue weighted by Gasteiger charge is -2.04. The van der Waals surface area contributed by atoms with E-state index >= 15 is 0 Å². The summed E-state index contributed by atoms with van der Waals surface area (Å²) in [6.07, 6.45) is 2.17. The Bertz CT molecular complexity index is 396. The van der Waals surface area contributed by atoms with E-state index < -0.39 is 5.92 Å². The Kier molecular flexibility index (Phi) is 2.69. The summed E-state index contributed by atoms with van der Waals surface area (Å²) in [7, 11) is 0. The second-order valence-electron chi connectivity index (χ2n) is 4.49. The first-order valence-electron chi connectivity index (χ1n) is 5.57. The number of carbonyl (C=O) groups excluding carboxylic acids is 1. The van der Waals surface area contributed by atoms with Crippen molar-refractivity contribution >= 4 is 5.97 Å². The van der Waals surface area contributed by atoms with Crippen LogP contribution < -0.4 is 0 Å². The van der Waals surface area contributed by atoms with Crippen LogP contribution in [0.2, 0.25) is 0 Å². The van der Waals surface area contributed by atoms with Gasteiger partial charge in [-0.05, 0) is 26.7 Å². The van der Waals surface area contributed by atoms with Crippen molar-refractivity contribution in [3.05, 3.63) is 11.7 Å². The number of ether oxygens (including phenoxy) is 1. The van der Waals surface area contributed by atoms with Gasteiger partial charge in [-0.25, -0.2) is 0 Å². The highest BCUT2D eigenvalue weighted by molar-refractivity contribution is 5.76. The van der Waals surface area contributed by atoms with Gasteiger partial charge in [0.05, 0.1) is 6.61 Å². The van der Waals surface area contributed by atoms with Crippen LogP contribution in [0, 0.1) is 0 Å². The molecule has 0 saturated heterocycles. The second kappa shape index (κ2) is 3.88. The Morgan fingerprint density at radius 2 is 2.31 bits per heavy atom. The van der Waals surface area contributed by atoms with E-state index in [1.165, 1.54) is 0 Å². The Hall–Kier alpha value is -1.39. The van der Waals surface area contributed by atoms with Crippen molar-refractivity contribution in [2.75, 3.05) is 6.61 Å². The number of nitrogens with zero attached hydrogens (tertiary/aromatic N) is 2. The summed E-state index contributed by atoms with van der Waals surface area (Å²) >= 11 is 0. The van der Waals surface area contributed by atoms with Gasteiger partial charge in [0.2, 0.25) is 5.89 Å². The lowest BCUT2D eigenvalue weighted by molar-refractivity contribution is -0.145. The molecule has 16 heavy (non-hydrogen) atoms. The van der Waals surface area contributed by atoms with E-state index in [0.29, 0.717) is 18.3 Å². The molecule has 2 rings (SSSR count). The van der Waals surface area contributed by atoms with E-state index in [4.69, 9.17) is 9.26 Å². The van der Waals surface area contributed by atoms with Gasteiger partial charge in [0, 0.05) is 5.41 Å². The van der Waals surface area contributed by atoms with Crippen LogP contribution in [0.25, 0.3) is 0 Å². The standard InChI is InChI=1S/C11H16N2O3/c1-4-15-9(14)7(2)8-12-10(13-16-8)11(3)5-6-11/h7H,4-6H2,1-3H3. The highest BCUT2D eigenvalue weighted by atomic mass is 16.5. The van der Waals surface area contributed by atoms with Gasteiger partial charge in [0.15, 0.2) is 5.82 Å². The number of esters is 1. The van der Waals surface area contributed by atoms with E-state index in [-0.39, 0.29) is 11.4 Å². The van der Waals surface area contributed by atoms with Crippen molar-refractivity contribution in [1.82, 2.24) is 10.1 Å². The summed E-state index contributed by atoms with van der Waals surface area (Å²) in [4.78, 5) is 15.7. The molecule has 88 valence electrons. The van der Waals surface area contributed by atoms with E-state index in [1.54, 1.807) is 13.8 Å². The maximum absolute atomic E-state index is 11.5. The molecule has 0 aromatic carbocycles. The fourth-order valence-corrected chi connectivity index (χ4v) is 1.44. The zero-order valence-electron chi connectivity index (χ0n) is 9.82. The molecular formula is C11H16N2O3. The number of hydrogen-bond donors (Lipinski definition) is 0. The summed E-state index contributed by atoms with van der Waals surface area (Å²) in [6, 6.07) is 0. The predicted octanol–water partition coefficient (Wildman–Crippen LogP) is 1.79. The van der Waals surface area contributed by atoms with E-state index in [0.717, 1.165) is 12.8 Å². The predicted molar refractivity (Wildman–Crippen MR) is 55.9 cm³/mol. The molecule has 0 bridgehead atoms. The molecule has 0 radical (unpaired) electrons. The van der Waals surface area contributed by atoms with Gasteiger partial charge >= 0.3 is 5.97 Å². The Balaban J connectivity index is 2.09. The molecule has 0 aliphatic heterocycles. The summed E-state index contributed by atoms with van der Waals surface area (Å²) < 4.78 is 10.0. The molecule has 1 aliphatic carbocycles. The zero-order chi connectivity index (χ0) is 11.8. The van der Waals surface area contributed by atoms with Crippen LogP contribution in [0.3, 0.4) is 0 Å². The molecule has 1 fully saturated rings. The summed E-state index contributed by atoms with van der Waals surface area (Å²) in [6.45, 7) is 5.94. The Morgan fingerprint density at radius 1 is 1.62 bits per heavy atom. The average molecular weight is 224 g/mol. The maximum atomic E-state index is 11.5. The molecular weight excluding hydrogens is 208 g/mol. The third-order valence-corrected chi connectivity index (χ3v) is 2.99. The molecule has 1 atom stereocenters. The van der Waals surface area contributed by atoms with E-state index in [9.17, 15) is 4.79 Å². The van der Waals surface area contributed by atoms with Crippen molar-refractivity contribution < 1.29 is 14.1 Å². The highest BCUT2D eigenvalue weighted by Gasteiger charge is 2.44. The minimum absolute atomic E-state index is 0.0656. The molecule has 1 saturated carbocycles. The van der Waals surface area contributed by atoms with E-state index in [1.807, 2.05) is 0 Å². The molecule has 1 heterocycles. The lowest BCUT2D eigenvalue weighted by atomic mass is 10.1. The van der Waals surface area contributed by atoms with Crippen molar-refractivity contribution in [3.63, 3.8) is 0 Å². The van der Waals surface area contributed by atoms with Gasteiger partial charge < -0.3 is 9.26 Å². The van der Waals surface area contributed by atoms with Crippen LogP contribution in [-0.4, -0.2) is 22.7 Å². The lowest BCUT2D eigenvalue weighted by Crippen LogP contribution is -2.13. The van der Waals surface area contributed by atoms with Crippen LogP contribution in [0.5, 0.6) is 0 Å². The van der Waals surface area contributed by atoms with Crippen molar-refractivity contribution in [1.29, 1.82) is 0 Å². The molecule has 5 heteroatoms. The van der Waals surface area contributed by atoms with Gasteiger partial charge in [0.1, 0.15) is 5.92 Å². The van der Waals surface area contributed by atoms with E-state index in [2.05, 4.69) is 17.1 Å². The SMILES string of the molecule is CCOC(=O)C(C)c1nc(C2(C)CC2)no1. The van der Waals surface area contributed by atoms with Crippen LogP contribution in [0.4, 0.5) is 0 Å². The third kappa shape index (κ3) is 1.94. The molecule has 1 unspecified atom stereocenters. The molecule has 5 nitrogen and oxygen atoms in total. The van der Waals surface area contributed by atoms with Gasteiger partial charge in [-0.2, -0.15) is 4.98 Å². The summed E-state index contributed by atoms with van der Waals surface area (Å²) in [5, 5.41) is 3.92. The normalized spacial score (nSPS) is 19.2. The molecule has 1 aliphatic rings. The van der Waals surface area contributed by atoms with Gasteiger partial charge in [-0.15, -0.1) is 0 Å². The van der Waals surface area contributed by atoms with Crippen LogP contribution in [0.1, 0.15) is 51.2 Å². The van der Waals surface area contributed by atoms with Gasteiger partial charge in [-0.3, -0.25) is 4.79 Å². The van der Waals surface area contributed by atoms with Crippen molar-refractivity contribution in [2.45, 2.75) is 44.9 Å². The van der Waals surface area contributed by atoms with Crippen LogP contribution >= 0.6 is 0 Å². The molecule has 0 spiro atoms. The third-order valence-electron chi connectivity index (χ3n) is 2.99. The first kappa shape index (κ1) is 11.1. The fourth-order valence-electron chi connectivity index (χ4n) is 1.44. The largest absolute Gasteiger partial charge is 0.465 e. The highest BCUT2D eigenvalue weighted by Crippen LogP contribution is 2.46. The smallest absolute Gasteiger partial charge is 0.318 e. The van der Waals surface area contributed by atoms with Crippen LogP contribution in [-0.2, 0) is 14.9 Å². The minimum atomic E-state index is -0.483. The fraction of sp³-hybridized carbons (Fsp3) is 0.727. The second-order valence-corrected chi connectivity index (χ2v) is 4.49. The first-order valence-corrected chi connectivity index (χ1v) is 5.57. The maximum Gasteiger partial charge on any atom is 0.318 e. The van der Waals surface area contributed by atoms with Gasteiger partial charge in [0.25, 0.3) is 0 Å².